The summed E-state index contributed by atoms with van der Waals surface area (Å²) in [5.41, 5.74) is 0.109. The number of hydrogen-bond donors (Lipinski definition) is 1. The van der Waals surface area contributed by atoms with E-state index in [9.17, 15) is 33.0 Å². The van der Waals surface area contributed by atoms with Crippen molar-refractivity contribution >= 4 is 147 Å². The lowest BCUT2D eigenvalue weighted by Crippen LogP contribution is -2.23. The lowest BCUT2D eigenvalue weighted by atomic mass is 10.2. The highest BCUT2D eigenvalue weighted by atomic mass is 127. The molecule has 15 heteroatoms. The van der Waals surface area contributed by atoms with Crippen LogP contribution in [0.1, 0.15) is 20.7 Å². The van der Waals surface area contributed by atoms with Gasteiger partial charge in [-0.25, -0.2) is 18.0 Å². The molecule has 0 saturated heterocycles. The van der Waals surface area contributed by atoms with Crippen LogP contribution >= 0.6 is 113 Å². The van der Waals surface area contributed by atoms with Gasteiger partial charge in [0.15, 0.2) is 29.4 Å². The zero-order chi connectivity index (χ0) is 47.0. The van der Waals surface area contributed by atoms with Crippen LogP contribution in [-0.4, -0.2) is 17.0 Å². The number of carboxylic acid groups (broad SMARTS) is 2. The molecule has 0 saturated carbocycles. The molecule has 0 atom stereocenters. The molecule has 0 radical (unpaired) electrons. The molecule has 8 aromatic rings. The van der Waals surface area contributed by atoms with Crippen LogP contribution in [0.5, 0.6) is 5.75 Å². The Balaban J connectivity index is 0.000000169. The van der Waals surface area contributed by atoms with E-state index in [-0.39, 0.29) is 39.5 Å². The third-order valence-corrected chi connectivity index (χ3v) is 18.1. The molecule has 0 bridgehead atoms. The average Bonchev–Trinajstić information content (AvgIpc) is 3.30. The predicted molar refractivity (Wildman–Crippen MR) is 290 cm³/mol. The van der Waals surface area contributed by atoms with Gasteiger partial charge in [-0.15, -0.1) is 0 Å². The molecule has 0 fully saturated rings. The molecule has 65 heavy (non-hydrogen) atoms. The van der Waals surface area contributed by atoms with Crippen molar-refractivity contribution < 1.29 is 38.1 Å². The fraction of sp³-hybridized carbons (Fsp3) is 0. The monoisotopic (exact) mass is 1470 g/mol. The zero-order valence-electron chi connectivity index (χ0n) is 33.3. The van der Waals surface area contributed by atoms with Crippen molar-refractivity contribution in [2.45, 2.75) is 29.4 Å². The number of hydrogen-bond acceptors (Lipinski definition) is 4. The minimum absolute atomic E-state index is 0.0146. The molecule has 0 aliphatic rings. The Morgan fingerprint density at radius 3 is 1.03 bits per heavy atom. The van der Waals surface area contributed by atoms with Gasteiger partial charge >= 0.3 is 5.97 Å². The first-order chi connectivity index (χ1) is 31.1. The molecule has 0 aliphatic carbocycles. The molecule has 0 spiro atoms. The Morgan fingerprint density at radius 1 is 0.431 bits per heavy atom. The van der Waals surface area contributed by atoms with Crippen molar-refractivity contribution in [3.05, 3.63) is 234 Å². The Kier molecular flexibility index (Phi) is 21.2. The van der Waals surface area contributed by atoms with E-state index >= 15 is 0 Å². The second-order valence-corrected chi connectivity index (χ2v) is 23.0. The summed E-state index contributed by atoms with van der Waals surface area (Å²) in [7, 11) is -0.554. The van der Waals surface area contributed by atoms with Gasteiger partial charge in [0.25, 0.3) is 0 Å². The van der Waals surface area contributed by atoms with E-state index in [2.05, 4.69) is 136 Å². The highest BCUT2D eigenvalue weighted by Gasteiger charge is 2.29. The summed E-state index contributed by atoms with van der Waals surface area (Å²) < 4.78 is 43.3. The SMILES string of the molecule is Fc1ccc([S+](c2ccc(F)cc2)c2ccc(F)cc2)cc1.O=C(O)c1cc(I)cc(I)c1[O-].O=C([O-])c1cc(I)cc(I)c1I.c1ccc([S+](c2ccccc2)c2ccccc2)cc1. The second kappa shape index (κ2) is 26.3. The third-order valence-electron chi connectivity index (χ3n) is 8.54. The molecule has 8 rings (SSSR count). The molecule has 5 nitrogen and oxygen atoms in total. The number of carbonyl (C=O) groups excluding carboxylic acids is 1. The van der Waals surface area contributed by atoms with Crippen LogP contribution in [0.2, 0.25) is 0 Å². The van der Waals surface area contributed by atoms with Crippen LogP contribution in [0.25, 0.3) is 0 Å². The summed E-state index contributed by atoms with van der Waals surface area (Å²) in [5.74, 6) is -3.64. The summed E-state index contributed by atoms with van der Waals surface area (Å²) in [6, 6.07) is 57.3. The molecular weight excluding hydrogens is 1440 g/mol. The first-order valence-electron chi connectivity index (χ1n) is 18.8. The Morgan fingerprint density at radius 2 is 0.723 bits per heavy atom. The maximum atomic E-state index is 13.2. The molecule has 8 aromatic carbocycles. The van der Waals surface area contributed by atoms with E-state index in [1.54, 1.807) is 48.5 Å². The van der Waals surface area contributed by atoms with Gasteiger partial charge < -0.3 is 20.1 Å². The van der Waals surface area contributed by atoms with Crippen LogP contribution in [0, 0.1) is 35.3 Å². The van der Waals surface area contributed by atoms with Gasteiger partial charge in [-0.1, -0.05) is 60.3 Å². The highest BCUT2D eigenvalue weighted by Crippen LogP contribution is 2.33. The topological polar surface area (TPSA) is 100 Å². The van der Waals surface area contributed by atoms with Crippen LogP contribution in [-0.2, 0) is 21.8 Å². The Hall–Kier alpha value is -3.36. The molecule has 0 heterocycles. The smallest absolute Gasteiger partial charge is 0.335 e. The van der Waals surface area contributed by atoms with E-state index in [4.69, 9.17) is 5.11 Å². The van der Waals surface area contributed by atoms with Crippen molar-refractivity contribution in [1.29, 1.82) is 0 Å². The van der Waals surface area contributed by atoms with Crippen molar-refractivity contribution in [2.75, 3.05) is 0 Å². The Labute approximate surface area is 448 Å². The van der Waals surface area contributed by atoms with Crippen molar-refractivity contribution in [1.82, 2.24) is 0 Å². The van der Waals surface area contributed by atoms with E-state index in [1.807, 2.05) is 73.8 Å². The minimum atomic E-state index is -1.17. The van der Waals surface area contributed by atoms with Crippen molar-refractivity contribution in [2.24, 2.45) is 0 Å². The quantitative estimate of drug-likeness (QED) is 0.0928. The predicted octanol–water partition coefficient (Wildman–Crippen LogP) is 13.5. The first-order valence-corrected chi connectivity index (χ1v) is 26.6. The fourth-order valence-corrected chi connectivity index (χ4v) is 14.0. The number of rotatable bonds is 8. The first kappa shape index (κ1) is 52.6. The summed E-state index contributed by atoms with van der Waals surface area (Å²) >= 11 is 9.99. The largest absolute Gasteiger partial charge is 0.871 e. The number of benzene rings is 8. The molecule has 1 N–H and O–H groups in total. The molecular formula is C50H32F3I5O5S2. The van der Waals surface area contributed by atoms with E-state index < -0.39 is 28.6 Å². The van der Waals surface area contributed by atoms with Gasteiger partial charge in [0.1, 0.15) is 17.5 Å². The average molecular weight is 1470 g/mol. The lowest BCUT2D eigenvalue weighted by molar-refractivity contribution is -0.270. The zero-order valence-corrected chi connectivity index (χ0v) is 45.7. The van der Waals surface area contributed by atoms with Crippen molar-refractivity contribution in [3.63, 3.8) is 0 Å². The van der Waals surface area contributed by atoms with Gasteiger partial charge in [-0.3, -0.25) is 0 Å². The summed E-state index contributed by atoms with van der Waals surface area (Å²) in [6.07, 6.45) is 0. The number of carbonyl (C=O) groups is 2. The number of carboxylic acids is 2. The second-order valence-electron chi connectivity index (χ2n) is 13.0. The summed E-state index contributed by atoms with van der Waals surface area (Å²) in [5, 5.41) is 30.4. The molecule has 0 aromatic heterocycles. The van der Waals surface area contributed by atoms with E-state index in [0.717, 1.165) is 29.0 Å². The van der Waals surface area contributed by atoms with Gasteiger partial charge in [0.05, 0.1) is 33.3 Å². The highest BCUT2D eigenvalue weighted by molar-refractivity contribution is 14.1. The molecule has 0 amide bonds. The van der Waals surface area contributed by atoms with Crippen LogP contribution < -0.4 is 10.2 Å². The molecule has 0 aliphatic heterocycles. The number of aromatic carboxylic acids is 2. The van der Waals surface area contributed by atoms with Gasteiger partial charge in [-0.2, -0.15) is 0 Å². The molecule has 330 valence electrons. The maximum absolute atomic E-state index is 13.2. The van der Waals surface area contributed by atoms with Gasteiger partial charge in [0, 0.05) is 23.4 Å². The minimum Gasteiger partial charge on any atom is -0.871 e. The van der Waals surface area contributed by atoms with Gasteiger partial charge in [-0.05, 0) is 246 Å². The van der Waals surface area contributed by atoms with Gasteiger partial charge in [0.2, 0.25) is 0 Å². The third kappa shape index (κ3) is 15.9. The van der Waals surface area contributed by atoms with Crippen LogP contribution in [0.4, 0.5) is 13.2 Å². The maximum Gasteiger partial charge on any atom is 0.335 e. The van der Waals surface area contributed by atoms with E-state index in [0.29, 0.717) is 3.57 Å². The summed E-state index contributed by atoms with van der Waals surface area (Å²) in [6.45, 7) is 0. The van der Waals surface area contributed by atoms with Crippen LogP contribution in [0.3, 0.4) is 0 Å². The lowest BCUT2D eigenvalue weighted by Gasteiger charge is -2.12. The van der Waals surface area contributed by atoms with Crippen molar-refractivity contribution in [3.8, 4) is 5.75 Å². The Bertz CT molecular complexity index is 2540. The molecule has 0 unspecified atom stereocenters. The van der Waals surface area contributed by atoms with E-state index in [1.165, 1.54) is 57.2 Å². The normalized spacial score (nSPS) is 10.4. The number of halogens is 8. The standard InChI is InChI=1S/C18H12F3S.C18H15S.C7H3I3O2.C7H4I2O3/c19-13-1-7-16(8-2-13)22(17-9-3-14(20)4-10-17)18-11-5-15(21)6-12-18;1-4-10-16(11-5-1)19(17-12-6-2-7-13-17)18-14-8-3-9-15-18;2*8-3-1-4(7(11)12)6(10)5(9)2-3/h1-12H;1-15H;1-2H,(H,11,12);1-2,10H,(H,11,12)/q2*+1;;/p-2. The summed E-state index contributed by atoms with van der Waals surface area (Å²) in [4.78, 5) is 27.9. The fourth-order valence-electron chi connectivity index (χ4n) is 5.62. The van der Waals surface area contributed by atoms with Crippen LogP contribution in [0.15, 0.2) is 217 Å².